The second-order valence-electron chi connectivity index (χ2n) is 5.51. The fraction of sp³-hybridized carbons (Fsp3) is 0.562. The van der Waals surface area contributed by atoms with E-state index in [0.29, 0.717) is 17.7 Å². The number of benzene rings is 1. The lowest BCUT2D eigenvalue weighted by molar-refractivity contribution is 0.242. The number of hydrogen-bond donors (Lipinski definition) is 1. The molecule has 0 radical (unpaired) electrons. The topological polar surface area (TPSA) is 41.8 Å². The van der Waals surface area contributed by atoms with Crippen molar-refractivity contribution in [3.8, 4) is 11.5 Å². The number of nitrogens with zero attached hydrogens (tertiary/aromatic N) is 1. The molecule has 104 valence electrons. The van der Waals surface area contributed by atoms with Crippen LogP contribution in [0.4, 0.5) is 0 Å². The van der Waals surface area contributed by atoms with Crippen molar-refractivity contribution in [3.63, 3.8) is 0 Å². The second kappa shape index (κ2) is 6.09. The summed E-state index contributed by atoms with van der Waals surface area (Å²) in [4.78, 5) is 4.68. The molecule has 19 heavy (non-hydrogen) atoms. The third-order valence-electron chi connectivity index (χ3n) is 4.32. The Balaban J connectivity index is 2.14. The van der Waals surface area contributed by atoms with Crippen LogP contribution in [-0.4, -0.2) is 24.5 Å². The number of methoxy groups -OCH3 is 1. The summed E-state index contributed by atoms with van der Waals surface area (Å²) in [5, 5.41) is 10.0. The van der Waals surface area contributed by atoms with Gasteiger partial charge in [-0.05, 0) is 30.4 Å². The first-order valence-corrected chi connectivity index (χ1v) is 7.02. The highest BCUT2D eigenvalue weighted by molar-refractivity contribution is 5.84. The van der Waals surface area contributed by atoms with Gasteiger partial charge >= 0.3 is 0 Å². The molecule has 1 aliphatic rings. The molecule has 1 aromatic rings. The van der Waals surface area contributed by atoms with Gasteiger partial charge in [0.1, 0.15) is 0 Å². The van der Waals surface area contributed by atoms with Crippen LogP contribution in [0, 0.1) is 11.8 Å². The number of aliphatic imine (C=N–C) groups is 1. The Morgan fingerprint density at radius 3 is 2.84 bits per heavy atom. The third kappa shape index (κ3) is 3.09. The number of ether oxygens (including phenoxy) is 1. The van der Waals surface area contributed by atoms with E-state index in [1.165, 1.54) is 12.8 Å². The summed E-state index contributed by atoms with van der Waals surface area (Å²) in [6.07, 6.45) is 5.49. The zero-order valence-electron chi connectivity index (χ0n) is 12.0. The lowest BCUT2D eigenvalue weighted by Crippen LogP contribution is -2.27. The minimum Gasteiger partial charge on any atom is -0.504 e. The van der Waals surface area contributed by atoms with E-state index in [1.54, 1.807) is 19.4 Å². The van der Waals surface area contributed by atoms with Gasteiger partial charge in [-0.25, -0.2) is 0 Å². The molecule has 0 aliphatic heterocycles. The number of hydrogen-bond acceptors (Lipinski definition) is 3. The number of phenolic OH excluding ortho intramolecular Hbond substituents is 1. The molecule has 0 amide bonds. The molecule has 1 aliphatic carbocycles. The molecular formula is C16H23NO2. The molecular weight excluding hydrogens is 238 g/mol. The summed E-state index contributed by atoms with van der Waals surface area (Å²) < 4.78 is 5.10. The molecule has 2 rings (SSSR count). The summed E-state index contributed by atoms with van der Waals surface area (Å²) >= 11 is 0. The highest BCUT2D eigenvalue weighted by atomic mass is 16.5. The van der Waals surface area contributed by atoms with Crippen molar-refractivity contribution in [1.82, 2.24) is 0 Å². The van der Waals surface area contributed by atoms with Crippen molar-refractivity contribution < 1.29 is 9.84 Å². The monoisotopic (exact) mass is 261 g/mol. The van der Waals surface area contributed by atoms with Crippen LogP contribution in [0.3, 0.4) is 0 Å². The molecule has 1 fully saturated rings. The average Bonchev–Trinajstić information content (AvgIpc) is 2.42. The van der Waals surface area contributed by atoms with Crippen molar-refractivity contribution in [2.45, 2.75) is 39.2 Å². The average molecular weight is 261 g/mol. The SMILES string of the molecule is COc1cccc(C=N[C@@H]2CCC[C@H](C)[C@H]2C)c1O. The number of para-hydroxylation sites is 1. The lowest BCUT2D eigenvalue weighted by atomic mass is 9.78. The van der Waals surface area contributed by atoms with Crippen molar-refractivity contribution in [2.24, 2.45) is 16.8 Å². The van der Waals surface area contributed by atoms with Gasteiger partial charge in [0.25, 0.3) is 0 Å². The van der Waals surface area contributed by atoms with Gasteiger partial charge in [0, 0.05) is 11.8 Å². The Kier molecular flexibility index (Phi) is 4.46. The van der Waals surface area contributed by atoms with Gasteiger partial charge in [-0.3, -0.25) is 4.99 Å². The Hall–Kier alpha value is -1.51. The summed E-state index contributed by atoms with van der Waals surface area (Å²) in [5.41, 5.74) is 0.727. The van der Waals surface area contributed by atoms with E-state index in [4.69, 9.17) is 4.74 Å². The minimum atomic E-state index is 0.172. The van der Waals surface area contributed by atoms with E-state index in [9.17, 15) is 5.11 Å². The minimum absolute atomic E-state index is 0.172. The van der Waals surface area contributed by atoms with E-state index < -0.39 is 0 Å². The van der Waals surface area contributed by atoms with Crippen LogP contribution in [0.25, 0.3) is 0 Å². The summed E-state index contributed by atoms with van der Waals surface area (Å²) in [7, 11) is 1.56. The molecule has 0 unspecified atom stereocenters. The second-order valence-corrected chi connectivity index (χ2v) is 5.51. The Morgan fingerprint density at radius 2 is 2.11 bits per heavy atom. The van der Waals surface area contributed by atoms with Crippen LogP contribution >= 0.6 is 0 Å². The maximum absolute atomic E-state index is 10.0. The first-order valence-electron chi connectivity index (χ1n) is 7.02. The third-order valence-corrected chi connectivity index (χ3v) is 4.32. The first-order chi connectivity index (χ1) is 9.13. The molecule has 1 N–H and O–H groups in total. The molecule has 0 bridgehead atoms. The van der Waals surface area contributed by atoms with Gasteiger partial charge in [0.2, 0.25) is 0 Å². The largest absolute Gasteiger partial charge is 0.504 e. The van der Waals surface area contributed by atoms with Crippen LogP contribution in [-0.2, 0) is 0 Å². The van der Waals surface area contributed by atoms with Crippen LogP contribution < -0.4 is 4.74 Å². The maximum Gasteiger partial charge on any atom is 0.166 e. The highest BCUT2D eigenvalue weighted by Crippen LogP contribution is 2.32. The Bertz CT molecular complexity index is 456. The van der Waals surface area contributed by atoms with Gasteiger partial charge in [-0.1, -0.05) is 32.8 Å². The Labute approximate surface area is 115 Å². The molecule has 0 heterocycles. The van der Waals surface area contributed by atoms with E-state index in [2.05, 4.69) is 18.8 Å². The maximum atomic E-state index is 10.0. The molecule has 1 saturated carbocycles. The fourth-order valence-corrected chi connectivity index (χ4v) is 2.75. The molecule has 3 atom stereocenters. The first kappa shape index (κ1) is 13.9. The summed E-state index contributed by atoms with van der Waals surface area (Å²) in [6, 6.07) is 5.85. The lowest BCUT2D eigenvalue weighted by Gasteiger charge is -2.31. The molecule has 0 aromatic heterocycles. The predicted molar refractivity (Wildman–Crippen MR) is 78.2 cm³/mol. The molecule has 3 heteroatoms. The van der Waals surface area contributed by atoms with Crippen LogP contribution in [0.1, 0.15) is 38.7 Å². The number of rotatable bonds is 3. The molecule has 1 aromatic carbocycles. The van der Waals surface area contributed by atoms with Gasteiger partial charge in [-0.2, -0.15) is 0 Å². The highest BCUT2D eigenvalue weighted by Gasteiger charge is 2.26. The zero-order valence-corrected chi connectivity index (χ0v) is 12.0. The van der Waals surface area contributed by atoms with Gasteiger partial charge in [0.05, 0.1) is 13.2 Å². The zero-order chi connectivity index (χ0) is 13.8. The molecule has 0 saturated heterocycles. The van der Waals surface area contributed by atoms with Crippen molar-refractivity contribution in [1.29, 1.82) is 0 Å². The van der Waals surface area contributed by atoms with Crippen LogP contribution in [0.5, 0.6) is 11.5 Å². The Morgan fingerprint density at radius 1 is 1.32 bits per heavy atom. The summed E-state index contributed by atoms with van der Waals surface area (Å²) in [5.74, 6) is 2.01. The number of aromatic hydroxyl groups is 1. The van der Waals surface area contributed by atoms with Gasteiger partial charge < -0.3 is 9.84 Å². The molecule has 3 nitrogen and oxygen atoms in total. The smallest absolute Gasteiger partial charge is 0.166 e. The van der Waals surface area contributed by atoms with E-state index in [1.807, 2.05) is 12.1 Å². The number of phenols is 1. The van der Waals surface area contributed by atoms with E-state index in [0.717, 1.165) is 17.9 Å². The van der Waals surface area contributed by atoms with Gasteiger partial charge in [-0.15, -0.1) is 0 Å². The van der Waals surface area contributed by atoms with Crippen molar-refractivity contribution in [2.75, 3.05) is 7.11 Å². The standard InChI is InChI=1S/C16H23NO2/c1-11-6-4-8-14(12(11)2)17-10-13-7-5-9-15(19-3)16(13)18/h5,7,9-12,14,18H,4,6,8H2,1-3H3/t11-,12+,14+/m0/s1. The quantitative estimate of drug-likeness (QED) is 0.844. The van der Waals surface area contributed by atoms with E-state index in [-0.39, 0.29) is 5.75 Å². The van der Waals surface area contributed by atoms with Crippen LogP contribution in [0.15, 0.2) is 23.2 Å². The van der Waals surface area contributed by atoms with E-state index >= 15 is 0 Å². The van der Waals surface area contributed by atoms with Crippen LogP contribution in [0.2, 0.25) is 0 Å². The van der Waals surface area contributed by atoms with Crippen molar-refractivity contribution >= 4 is 6.21 Å². The molecule has 0 spiro atoms. The normalized spacial score (nSPS) is 27.6. The van der Waals surface area contributed by atoms with Crippen molar-refractivity contribution in [3.05, 3.63) is 23.8 Å². The predicted octanol–water partition coefficient (Wildman–Crippen LogP) is 3.64. The fourth-order valence-electron chi connectivity index (χ4n) is 2.75. The van der Waals surface area contributed by atoms with Gasteiger partial charge in [0.15, 0.2) is 11.5 Å². The summed E-state index contributed by atoms with van der Waals surface area (Å²) in [6.45, 7) is 4.58.